The minimum absolute atomic E-state index is 0.159. The van der Waals surface area contributed by atoms with Gasteiger partial charge in [-0.05, 0) is 80.7 Å². The third-order valence-corrected chi connectivity index (χ3v) is 13.6. The van der Waals surface area contributed by atoms with Crippen LogP contribution in [0.4, 0.5) is 14.0 Å². The van der Waals surface area contributed by atoms with Crippen molar-refractivity contribution in [3.63, 3.8) is 0 Å². The molecule has 6 aromatic rings. The van der Waals surface area contributed by atoms with Crippen molar-refractivity contribution < 1.29 is 42.2 Å². The van der Waals surface area contributed by atoms with Gasteiger partial charge in [-0.3, -0.25) is 14.2 Å². The first kappa shape index (κ1) is 44.6. The average molecular weight is 931 g/mol. The number of rotatable bonds is 12. The van der Waals surface area contributed by atoms with E-state index in [1.807, 2.05) is 56.5 Å². The number of amides is 4. The van der Waals surface area contributed by atoms with Crippen molar-refractivity contribution >= 4 is 34.9 Å². The van der Waals surface area contributed by atoms with Gasteiger partial charge in [-0.25, -0.2) is 28.9 Å². The van der Waals surface area contributed by atoms with Crippen LogP contribution in [-0.2, 0) is 19.1 Å². The van der Waals surface area contributed by atoms with Crippen LogP contribution in [0.25, 0.3) is 44.7 Å². The zero-order valence-corrected chi connectivity index (χ0v) is 38.8. The summed E-state index contributed by atoms with van der Waals surface area (Å²) in [6, 6.07) is 8.96. The Morgan fingerprint density at radius 3 is 1.93 bits per heavy atom. The van der Waals surface area contributed by atoms with E-state index in [1.54, 1.807) is 34.5 Å². The number of aromatic nitrogens is 6. The number of ether oxygens (including phenoxy) is 3. The van der Waals surface area contributed by atoms with Crippen molar-refractivity contribution in [1.29, 1.82) is 0 Å². The smallest absolute Gasteiger partial charge is 0.407 e. The molecule has 3 fully saturated rings. The molecule has 7 heterocycles. The van der Waals surface area contributed by atoms with Gasteiger partial charge in [0.25, 0.3) is 0 Å². The Bertz CT molecular complexity index is 2910. The second-order valence-electron chi connectivity index (χ2n) is 18.8. The average Bonchev–Trinajstić information content (AvgIpc) is 4.05. The third-order valence-electron chi connectivity index (χ3n) is 13.6. The molecule has 2 aromatic carbocycles. The van der Waals surface area contributed by atoms with Crippen molar-refractivity contribution in [3.8, 4) is 39.5 Å². The number of aromatic amines is 2. The number of imidazole rings is 2. The fourth-order valence-corrected chi connectivity index (χ4v) is 9.92. The number of fused-ring (bicyclic) bond motifs is 5. The minimum atomic E-state index is -0.789. The Morgan fingerprint density at radius 1 is 0.779 bits per heavy atom. The maximum Gasteiger partial charge on any atom is 0.407 e. The molecule has 2 saturated heterocycles. The molecule has 2 unspecified atom stereocenters. The number of hydrogen-bond donors (Lipinski definition) is 4. The van der Waals surface area contributed by atoms with Gasteiger partial charge in [0, 0.05) is 35.5 Å². The highest BCUT2D eigenvalue weighted by Gasteiger charge is 2.40. The van der Waals surface area contributed by atoms with Gasteiger partial charge in [0.05, 0.1) is 66.9 Å². The highest BCUT2D eigenvalue weighted by Crippen LogP contribution is 2.48. The molecule has 1 saturated carbocycles. The van der Waals surface area contributed by atoms with E-state index in [9.17, 15) is 19.2 Å². The lowest BCUT2D eigenvalue weighted by Gasteiger charge is -2.30. The molecule has 4 aliphatic rings. The Morgan fingerprint density at radius 2 is 1.37 bits per heavy atom. The van der Waals surface area contributed by atoms with E-state index in [2.05, 4.69) is 25.6 Å². The Balaban J connectivity index is 0.963. The van der Waals surface area contributed by atoms with Crippen LogP contribution in [0, 0.1) is 17.7 Å². The molecule has 5 atom stereocenters. The van der Waals surface area contributed by atoms with Gasteiger partial charge in [-0.15, -0.1) is 0 Å². The number of carbonyl (C=O) groups excluding carboxylic acids is 4. The quantitative estimate of drug-likeness (QED) is 0.0919. The van der Waals surface area contributed by atoms with Crippen LogP contribution >= 0.6 is 0 Å². The molecule has 4 aromatic heterocycles. The highest BCUT2D eigenvalue weighted by atomic mass is 19.1. The molecular weight excluding hydrogens is 876 g/mol. The highest BCUT2D eigenvalue weighted by molar-refractivity contribution is 5.93. The normalized spacial score (nSPS) is 19.8. The predicted molar refractivity (Wildman–Crippen MR) is 245 cm³/mol. The van der Waals surface area contributed by atoms with E-state index >= 15 is 4.39 Å². The van der Waals surface area contributed by atoms with E-state index in [0.29, 0.717) is 71.9 Å². The summed E-state index contributed by atoms with van der Waals surface area (Å²) in [7, 11) is 2.54. The lowest BCUT2D eigenvalue weighted by Crippen LogP contribution is -2.51. The van der Waals surface area contributed by atoms with Crippen molar-refractivity contribution in [1.82, 2.24) is 49.9 Å². The first-order valence-corrected chi connectivity index (χ1v) is 23.3. The number of H-pyrrole nitrogens is 2. The summed E-state index contributed by atoms with van der Waals surface area (Å²) in [5, 5.41) is 6.20. The molecule has 4 amide bonds. The minimum Gasteiger partial charge on any atom is -0.463 e. The lowest BCUT2D eigenvalue weighted by atomic mass is 10.0. The second-order valence-corrected chi connectivity index (χ2v) is 18.8. The van der Waals surface area contributed by atoms with E-state index in [1.165, 1.54) is 20.3 Å². The van der Waals surface area contributed by atoms with Gasteiger partial charge in [0.2, 0.25) is 18.0 Å². The van der Waals surface area contributed by atoms with Crippen LogP contribution < -0.4 is 15.4 Å². The number of alkyl carbamates (subject to hydrolysis) is 2. The number of oxazole rings is 1. The number of likely N-dealkylation sites (tertiary alicyclic amines) is 2. The predicted octanol–water partition coefficient (Wildman–Crippen LogP) is 8.12. The first-order valence-electron chi connectivity index (χ1n) is 23.3. The molecule has 0 spiro atoms. The number of nitrogens with one attached hydrogen (secondary N) is 4. The molecular formula is C49H55FN10O8. The summed E-state index contributed by atoms with van der Waals surface area (Å²) in [6.07, 6.45) is 7.80. The summed E-state index contributed by atoms with van der Waals surface area (Å²) >= 11 is 0. The largest absolute Gasteiger partial charge is 0.463 e. The van der Waals surface area contributed by atoms with Crippen LogP contribution in [-0.4, -0.2) is 103 Å². The molecule has 356 valence electrons. The lowest BCUT2D eigenvalue weighted by molar-refractivity contribution is -0.136. The molecule has 1 aliphatic carbocycles. The first-order chi connectivity index (χ1) is 32.8. The summed E-state index contributed by atoms with van der Waals surface area (Å²) < 4.78 is 41.1. The van der Waals surface area contributed by atoms with Gasteiger partial charge in [-0.1, -0.05) is 33.8 Å². The maximum atomic E-state index is 16.9. The van der Waals surface area contributed by atoms with Crippen LogP contribution in [0.3, 0.4) is 0 Å². The number of hydrogen-bond acceptors (Lipinski definition) is 11. The molecule has 4 N–H and O–H groups in total. The Kier molecular flexibility index (Phi) is 11.7. The monoisotopic (exact) mass is 930 g/mol. The van der Waals surface area contributed by atoms with Crippen LogP contribution in [0.2, 0.25) is 0 Å². The van der Waals surface area contributed by atoms with Crippen LogP contribution in [0.15, 0.2) is 59.5 Å². The zero-order valence-electron chi connectivity index (χ0n) is 38.8. The fourth-order valence-electron chi connectivity index (χ4n) is 9.92. The van der Waals surface area contributed by atoms with E-state index in [0.717, 1.165) is 47.8 Å². The number of nitrogens with zero attached hydrogens (tertiary/aromatic N) is 6. The summed E-state index contributed by atoms with van der Waals surface area (Å²) in [6.45, 7) is 8.52. The van der Waals surface area contributed by atoms with Crippen molar-refractivity contribution in [3.05, 3.63) is 84.1 Å². The maximum absolute atomic E-state index is 16.9. The van der Waals surface area contributed by atoms with Gasteiger partial charge < -0.3 is 49.0 Å². The standard InChI is InChI=1S/C49H55FN10O8/c1-24(2)40(56-48(63)65-5)45(61)58-15-7-9-35(58)42-51-21-31(53-42)27-13-14-34-29(17-27)19-37-39-30(50)18-28(20-38(39)68-47(60(34)37)33-23-67-44(55-33)26-11-12-26)32-22-52-43(54-32)36-10-8-16-59(36)46(62)41(25(3)4)57-49(64)66-6/h13-14,17-26,35-36,40-41,47H,7-12,15-16H2,1-6H3,(H,51,53)(H,52,54)(H,56,63)(H,57,64)/t35-,36-,40?,41-,47?/m0/s1. The Labute approximate surface area is 391 Å². The molecule has 18 nitrogen and oxygen atoms in total. The Hall–Kier alpha value is -7.18. The topological polar surface area (TPSA) is 215 Å². The third kappa shape index (κ3) is 8.10. The van der Waals surface area contributed by atoms with Gasteiger partial charge in [-0.2, -0.15) is 0 Å². The van der Waals surface area contributed by atoms with Crippen molar-refractivity contribution in [2.45, 2.75) is 103 Å². The van der Waals surface area contributed by atoms with Crippen LogP contribution in [0.5, 0.6) is 5.75 Å². The molecule has 3 aliphatic heterocycles. The number of halogens is 1. The van der Waals surface area contributed by atoms with E-state index < -0.39 is 36.3 Å². The number of benzene rings is 2. The zero-order chi connectivity index (χ0) is 47.5. The molecule has 68 heavy (non-hydrogen) atoms. The van der Waals surface area contributed by atoms with Gasteiger partial charge in [0.15, 0.2) is 5.89 Å². The summed E-state index contributed by atoms with van der Waals surface area (Å²) in [4.78, 5) is 76.5. The molecule has 19 heteroatoms. The van der Waals surface area contributed by atoms with Crippen LogP contribution in [0.1, 0.15) is 114 Å². The summed E-state index contributed by atoms with van der Waals surface area (Å²) in [5.74, 6) is 1.16. The van der Waals surface area contributed by atoms with E-state index in [4.69, 9.17) is 28.6 Å². The molecule has 0 bridgehead atoms. The van der Waals surface area contributed by atoms with E-state index in [-0.39, 0.29) is 47.2 Å². The summed E-state index contributed by atoms with van der Waals surface area (Å²) in [5.41, 5.74) is 4.86. The fraction of sp³-hybridized carbons (Fsp3) is 0.449. The molecule has 10 rings (SSSR count). The molecule has 0 radical (unpaired) electrons. The number of methoxy groups -OCH3 is 2. The number of carbonyl (C=O) groups is 4. The van der Waals surface area contributed by atoms with Crippen molar-refractivity contribution in [2.24, 2.45) is 11.8 Å². The van der Waals surface area contributed by atoms with Gasteiger partial charge in [0.1, 0.15) is 47.3 Å². The van der Waals surface area contributed by atoms with Crippen molar-refractivity contribution in [2.75, 3.05) is 27.3 Å². The van der Waals surface area contributed by atoms with Gasteiger partial charge >= 0.3 is 12.2 Å². The SMILES string of the molecule is COC(=O)NC(C(=O)N1CCC[C@H]1c1ncc(-c2ccc3c(c2)cc2n3C(c3coc(C4CC4)n3)Oc3cc(-c4cnc([C@@H]5CCCN5C(=O)[C@@H](NC(=O)OC)C(C)C)[nH]4)cc(F)c3-2)[nH]1)C(C)C. The second kappa shape index (κ2) is 17.8.